The van der Waals surface area contributed by atoms with Gasteiger partial charge in [0.15, 0.2) is 0 Å². The Bertz CT molecular complexity index is 309. The lowest BCUT2D eigenvalue weighted by atomic mass is 10.0. The predicted octanol–water partition coefficient (Wildman–Crippen LogP) is 1.96. The third-order valence-corrected chi connectivity index (χ3v) is 3.16. The number of rotatable bonds is 8. The van der Waals surface area contributed by atoms with Crippen molar-refractivity contribution in [1.29, 1.82) is 0 Å². The van der Waals surface area contributed by atoms with Crippen molar-refractivity contribution in [3.05, 3.63) is 18.2 Å². The van der Waals surface area contributed by atoms with Crippen LogP contribution in [0.2, 0.25) is 0 Å². The van der Waals surface area contributed by atoms with Crippen LogP contribution >= 0.6 is 0 Å². The average molecular weight is 239 g/mol. The van der Waals surface area contributed by atoms with Crippen molar-refractivity contribution in [2.75, 3.05) is 13.2 Å². The molecule has 98 valence electrons. The molecule has 17 heavy (non-hydrogen) atoms. The van der Waals surface area contributed by atoms with E-state index in [1.807, 2.05) is 12.5 Å². The van der Waals surface area contributed by atoms with Gasteiger partial charge in [-0.05, 0) is 32.7 Å². The Balaban J connectivity index is 2.37. The monoisotopic (exact) mass is 239 g/mol. The van der Waals surface area contributed by atoms with E-state index in [1.54, 1.807) is 0 Å². The summed E-state index contributed by atoms with van der Waals surface area (Å²) in [6, 6.07) is 0.453. The van der Waals surface area contributed by atoms with Crippen LogP contribution in [0.1, 0.15) is 45.3 Å². The topological polar surface area (TPSA) is 50.1 Å². The number of hydrogen-bond acceptors (Lipinski definition) is 3. The highest BCUT2D eigenvalue weighted by Gasteiger charge is 2.07. The fourth-order valence-electron chi connectivity index (χ4n) is 1.97. The van der Waals surface area contributed by atoms with E-state index in [-0.39, 0.29) is 6.61 Å². The minimum absolute atomic E-state index is 0.282. The molecular weight excluding hydrogens is 214 g/mol. The number of aliphatic hydroxyl groups excluding tert-OH is 1. The lowest BCUT2D eigenvalue weighted by Gasteiger charge is -2.16. The Morgan fingerprint density at radius 1 is 1.47 bits per heavy atom. The van der Waals surface area contributed by atoms with Crippen molar-refractivity contribution in [2.24, 2.45) is 5.92 Å². The standard InChI is InChI=1S/C13H25N3O/c1-4-12(5-6-17)7-14-8-13-9-15-10-16(13)11(2)3/h9-12,14,17H,4-8H2,1-3H3. The molecule has 0 saturated carbocycles. The molecule has 0 aliphatic carbocycles. The molecule has 0 saturated heterocycles. The molecule has 1 heterocycles. The molecule has 2 N–H and O–H groups in total. The summed E-state index contributed by atoms with van der Waals surface area (Å²) in [4.78, 5) is 4.18. The number of aromatic nitrogens is 2. The van der Waals surface area contributed by atoms with Gasteiger partial charge in [0, 0.05) is 25.4 Å². The highest BCUT2D eigenvalue weighted by molar-refractivity contribution is 4.99. The average Bonchev–Trinajstić information content (AvgIpc) is 2.76. The highest BCUT2D eigenvalue weighted by atomic mass is 16.3. The van der Waals surface area contributed by atoms with Crippen LogP contribution in [0.25, 0.3) is 0 Å². The van der Waals surface area contributed by atoms with E-state index in [1.165, 1.54) is 5.69 Å². The molecule has 1 aromatic rings. The molecule has 0 aliphatic rings. The summed E-state index contributed by atoms with van der Waals surface area (Å²) in [6.45, 7) is 8.57. The van der Waals surface area contributed by atoms with Gasteiger partial charge in [0.25, 0.3) is 0 Å². The summed E-state index contributed by atoms with van der Waals surface area (Å²) >= 11 is 0. The van der Waals surface area contributed by atoms with Gasteiger partial charge >= 0.3 is 0 Å². The summed E-state index contributed by atoms with van der Waals surface area (Å²) in [5.74, 6) is 0.565. The van der Waals surface area contributed by atoms with Gasteiger partial charge in [0.2, 0.25) is 0 Å². The van der Waals surface area contributed by atoms with E-state index in [0.717, 1.165) is 25.9 Å². The smallest absolute Gasteiger partial charge is 0.0951 e. The fourth-order valence-corrected chi connectivity index (χ4v) is 1.97. The molecule has 0 aliphatic heterocycles. The Morgan fingerprint density at radius 2 is 2.24 bits per heavy atom. The third kappa shape index (κ3) is 4.48. The van der Waals surface area contributed by atoms with E-state index in [0.29, 0.717) is 12.0 Å². The molecule has 1 rings (SSSR count). The molecular formula is C13H25N3O. The number of aliphatic hydroxyl groups is 1. The van der Waals surface area contributed by atoms with Crippen LogP contribution in [0, 0.1) is 5.92 Å². The summed E-state index contributed by atoms with van der Waals surface area (Å²) in [5, 5.41) is 12.4. The fraction of sp³-hybridized carbons (Fsp3) is 0.769. The molecule has 1 atom stereocenters. The molecule has 4 heteroatoms. The summed E-state index contributed by atoms with van der Waals surface area (Å²) in [6.07, 6.45) is 5.79. The van der Waals surface area contributed by atoms with Crippen molar-refractivity contribution in [3.63, 3.8) is 0 Å². The maximum atomic E-state index is 8.93. The molecule has 0 bridgehead atoms. The van der Waals surface area contributed by atoms with Gasteiger partial charge in [0.05, 0.1) is 12.0 Å². The second kappa shape index (κ2) is 7.45. The molecule has 0 spiro atoms. The number of imidazole rings is 1. The quantitative estimate of drug-likeness (QED) is 0.729. The van der Waals surface area contributed by atoms with Gasteiger partial charge in [-0.1, -0.05) is 13.3 Å². The molecule has 1 aromatic heterocycles. The van der Waals surface area contributed by atoms with Crippen molar-refractivity contribution in [2.45, 2.75) is 46.2 Å². The second-order valence-corrected chi connectivity index (χ2v) is 4.80. The van der Waals surface area contributed by atoms with E-state index in [2.05, 4.69) is 35.6 Å². The maximum absolute atomic E-state index is 8.93. The van der Waals surface area contributed by atoms with Crippen molar-refractivity contribution >= 4 is 0 Å². The molecule has 4 nitrogen and oxygen atoms in total. The van der Waals surface area contributed by atoms with Gasteiger partial charge in [-0.3, -0.25) is 0 Å². The van der Waals surface area contributed by atoms with Crippen LogP contribution in [0.4, 0.5) is 0 Å². The Kier molecular flexibility index (Phi) is 6.22. The van der Waals surface area contributed by atoms with Crippen LogP contribution in [0.15, 0.2) is 12.5 Å². The summed E-state index contributed by atoms with van der Waals surface area (Å²) < 4.78 is 2.18. The highest BCUT2D eigenvalue weighted by Crippen LogP contribution is 2.09. The number of nitrogens with zero attached hydrogens (tertiary/aromatic N) is 2. The van der Waals surface area contributed by atoms with Gasteiger partial charge in [-0.25, -0.2) is 4.98 Å². The zero-order valence-corrected chi connectivity index (χ0v) is 11.2. The lowest BCUT2D eigenvalue weighted by molar-refractivity contribution is 0.251. The summed E-state index contributed by atoms with van der Waals surface area (Å²) in [5.41, 5.74) is 1.22. The Hall–Kier alpha value is -0.870. The Labute approximate surface area is 104 Å². The minimum Gasteiger partial charge on any atom is -0.396 e. The van der Waals surface area contributed by atoms with Gasteiger partial charge < -0.3 is 15.0 Å². The minimum atomic E-state index is 0.282. The van der Waals surface area contributed by atoms with Gasteiger partial charge in [0.1, 0.15) is 0 Å². The van der Waals surface area contributed by atoms with E-state index in [4.69, 9.17) is 5.11 Å². The first kappa shape index (κ1) is 14.2. The van der Waals surface area contributed by atoms with Crippen LogP contribution in [0.3, 0.4) is 0 Å². The molecule has 0 radical (unpaired) electrons. The van der Waals surface area contributed by atoms with E-state index >= 15 is 0 Å². The maximum Gasteiger partial charge on any atom is 0.0951 e. The van der Waals surface area contributed by atoms with Gasteiger partial charge in [-0.15, -0.1) is 0 Å². The normalized spacial score (nSPS) is 13.2. The van der Waals surface area contributed by atoms with Crippen molar-refractivity contribution in [3.8, 4) is 0 Å². The largest absolute Gasteiger partial charge is 0.396 e. The molecule has 0 fully saturated rings. The first-order valence-electron chi connectivity index (χ1n) is 6.51. The van der Waals surface area contributed by atoms with E-state index in [9.17, 15) is 0 Å². The van der Waals surface area contributed by atoms with E-state index < -0.39 is 0 Å². The first-order valence-corrected chi connectivity index (χ1v) is 6.51. The number of nitrogens with one attached hydrogen (secondary N) is 1. The zero-order valence-electron chi connectivity index (χ0n) is 11.2. The van der Waals surface area contributed by atoms with Crippen molar-refractivity contribution < 1.29 is 5.11 Å². The molecule has 0 amide bonds. The van der Waals surface area contributed by atoms with Crippen LogP contribution in [-0.2, 0) is 6.54 Å². The first-order chi connectivity index (χ1) is 8.19. The second-order valence-electron chi connectivity index (χ2n) is 4.80. The SMILES string of the molecule is CCC(CCO)CNCc1cncn1C(C)C. The summed E-state index contributed by atoms with van der Waals surface area (Å²) in [7, 11) is 0. The zero-order chi connectivity index (χ0) is 12.7. The van der Waals surface area contributed by atoms with Crippen molar-refractivity contribution in [1.82, 2.24) is 14.9 Å². The molecule has 0 aromatic carbocycles. The van der Waals surface area contributed by atoms with Crippen LogP contribution < -0.4 is 5.32 Å². The van der Waals surface area contributed by atoms with Gasteiger partial charge in [-0.2, -0.15) is 0 Å². The van der Waals surface area contributed by atoms with Crippen LogP contribution in [-0.4, -0.2) is 27.8 Å². The molecule has 1 unspecified atom stereocenters. The predicted molar refractivity (Wildman–Crippen MR) is 69.8 cm³/mol. The number of hydrogen-bond donors (Lipinski definition) is 2. The third-order valence-electron chi connectivity index (χ3n) is 3.16. The van der Waals surface area contributed by atoms with Crippen LogP contribution in [0.5, 0.6) is 0 Å². The Morgan fingerprint density at radius 3 is 2.82 bits per heavy atom. The lowest BCUT2D eigenvalue weighted by Crippen LogP contribution is -2.24.